The first-order valence-corrected chi connectivity index (χ1v) is 7.16. The summed E-state index contributed by atoms with van der Waals surface area (Å²) in [5, 5.41) is 22.6. The van der Waals surface area contributed by atoms with Crippen LogP contribution in [0.4, 0.5) is 5.00 Å². The second-order valence-corrected chi connectivity index (χ2v) is 5.16. The quantitative estimate of drug-likeness (QED) is 0.762. The number of carbonyl (C=O) groups excluding carboxylic acids is 1. The van der Waals surface area contributed by atoms with E-state index in [1.165, 1.54) is 11.3 Å². The molecule has 7 heteroatoms. The molecule has 1 aromatic rings. The van der Waals surface area contributed by atoms with Crippen LogP contribution >= 0.6 is 11.3 Å². The van der Waals surface area contributed by atoms with E-state index in [0.29, 0.717) is 23.7 Å². The van der Waals surface area contributed by atoms with Gasteiger partial charge in [0.25, 0.3) is 0 Å². The summed E-state index contributed by atoms with van der Waals surface area (Å²) in [7, 11) is 0. The molecule has 108 valence electrons. The van der Waals surface area contributed by atoms with Crippen molar-refractivity contribution in [2.75, 3.05) is 25.0 Å². The standard InChI is InChI=1S/C13H17N3O3S/c1-2-5-16(9-12(18)19)6-3-11(17)15-13-10(8-14)4-7-20-13/h4,7H,2-3,5-6,9H2,1H3,(H,15,17)(H,18,19). The van der Waals surface area contributed by atoms with Crippen molar-refractivity contribution in [2.24, 2.45) is 0 Å². The highest BCUT2D eigenvalue weighted by atomic mass is 32.1. The molecule has 20 heavy (non-hydrogen) atoms. The molecule has 0 unspecified atom stereocenters. The van der Waals surface area contributed by atoms with Gasteiger partial charge in [-0.1, -0.05) is 6.92 Å². The highest BCUT2D eigenvalue weighted by Crippen LogP contribution is 2.22. The number of anilines is 1. The van der Waals surface area contributed by atoms with E-state index in [9.17, 15) is 9.59 Å². The van der Waals surface area contributed by atoms with E-state index in [1.54, 1.807) is 16.3 Å². The van der Waals surface area contributed by atoms with Gasteiger partial charge in [-0.15, -0.1) is 11.3 Å². The summed E-state index contributed by atoms with van der Waals surface area (Å²) < 4.78 is 0. The Hall–Kier alpha value is -1.91. The molecule has 0 fully saturated rings. The van der Waals surface area contributed by atoms with Crippen LogP contribution in [0.15, 0.2) is 11.4 Å². The number of amides is 1. The normalized spacial score (nSPS) is 10.2. The molecule has 0 aliphatic carbocycles. The topological polar surface area (TPSA) is 93.4 Å². The van der Waals surface area contributed by atoms with Gasteiger partial charge < -0.3 is 10.4 Å². The molecule has 0 saturated carbocycles. The van der Waals surface area contributed by atoms with Crippen molar-refractivity contribution in [2.45, 2.75) is 19.8 Å². The van der Waals surface area contributed by atoms with E-state index in [-0.39, 0.29) is 18.9 Å². The first kappa shape index (κ1) is 16.1. The predicted molar refractivity (Wildman–Crippen MR) is 76.6 cm³/mol. The summed E-state index contributed by atoms with van der Waals surface area (Å²) in [5.74, 6) is -1.11. The Balaban J connectivity index is 2.45. The Bertz CT molecular complexity index is 507. The molecule has 0 atom stereocenters. The summed E-state index contributed by atoms with van der Waals surface area (Å²) >= 11 is 1.30. The van der Waals surface area contributed by atoms with E-state index in [0.717, 1.165) is 6.42 Å². The number of aliphatic carboxylic acids is 1. The van der Waals surface area contributed by atoms with E-state index >= 15 is 0 Å². The maximum atomic E-state index is 11.8. The van der Waals surface area contributed by atoms with Gasteiger partial charge >= 0.3 is 5.97 Å². The van der Waals surface area contributed by atoms with Crippen LogP contribution < -0.4 is 5.32 Å². The molecule has 1 aromatic heterocycles. The zero-order valence-electron chi connectivity index (χ0n) is 11.3. The lowest BCUT2D eigenvalue weighted by Crippen LogP contribution is -2.33. The summed E-state index contributed by atoms with van der Waals surface area (Å²) in [5.41, 5.74) is 0.444. The molecule has 1 amide bonds. The minimum Gasteiger partial charge on any atom is -0.480 e. The van der Waals surface area contributed by atoms with Gasteiger partial charge in [-0.3, -0.25) is 14.5 Å². The lowest BCUT2D eigenvalue weighted by atomic mass is 10.3. The number of nitriles is 1. The Kier molecular flexibility index (Phi) is 6.70. The van der Waals surface area contributed by atoms with Crippen molar-refractivity contribution in [3.63, 3.8) is 0 Å². The number of carboxylic acids is 1. The van der Waals surface area contributed by atoms with Crippen LogP contribution in [-0.4, -0.2) is 41.5 Å². The van der Waals surface area contributed by atoms with Crippen molar-refractivity contribution >= 4 is 28.2 Å². The highest BCUT2D eigenvalue weighted by Gasteiger charge is 2.12. The van der Waals surface area contributed by atoms with Crippen molar-refractivity contribution in [3.05, 3.63) is 17.0 Å². The smallest absolute Gasteiger partial charge is 0.317 e. The van der Waals surface area contributed by atoms with Crippen LogP contribution in [0.25, 0.3) is 0 Å². The number of hydrogen-bond donors (Lipinski definition) is 2. The third-order valence-electron chi connectivity index (χ3n) is 2.59. The molecule has 2 N–H and O–H groups in total. The Morgan fingerprint density at radius 2 is 2.25 bits per heavy atom. The lowest BCUT2D eigenvalue weighted by Gasteiger charge is -2.18. The molecule has 0 radical (unpaired) electrons. The average molecular weight is 295 g/mol. The first-order chi connectivity index (χ1) is 9.56. The largest absolute Gasteiger partial charge is 0.480 e. The number of thiophene rings is 1. The average Bonchev–Trinajstić information content (AvgIpc) is 2.83. The van der Waals surface area contributed by atoms with Crippen molar-refractivity contribution in [1.29, 1.82) is 5.26 Å². The van der Waals surface area contributed by atoms with Crippen LogP contribution in [0.1, 0.15) is 25.3 Å². The SMILES string of the molecule is CCCN(CCC(=O)Nc1sccc1C#N)CC(=O)O. The van der Waals surface area contributed by atoms with Gasteiger partial charge in [-0.25, -0.2) is 0 Å². The number of hydrogen-bond acceptors (Lipinski definition) is 5. The number of carbonyl (C=O) groups is 2. The molecule has 6 nitrogen and oxygen atoms in total. The van der Waals surface area contributed by atoms with E-state index in [2.05, 4.69) is 5.32 Å². The van der Waals surface area contributed by atoms with Crippen LogP contribution in [0, 0.1) is 11.3 Å². The number of carboxylic acid groups (broad SMARTS) is 1. The summed E-state index contributed by atoms with van der Waals surface area (Å²) in [6, 6.07) is 3.65. The monoisotopic (exact) mass is 295 g/mol. The van der Waals surface area contributed by atoms with Crippen LogP contribution in [0.5, 0.6) is 0 Å². The van der Waals surface area contributed by atoms with Crippen molar-refractivity contribution < 1.29 is 14.7 Å². The van der Waals surface area contributed by atoms with E-state index in [4.69, 9.17) is 10.4 Å². The molecule has 0 spiro atoms. The van der Waals surface area contributed by atoms with Gasteiger partial charge in [0.15, 0.2) is 0 Å². The maximum Gasteiger partial charge on any atom is 0.317 e. The Labute approximate surface area is 121 Å². The predicted octanol–water partition coefficient (Wildman–Crippen LogP) is 1.74. The molecule has 0 bridgehead atoms. The molecule has 0 aliphatic rings. The fourth-order valence-electron chi connectivity index (χ4n) is 1.72. The van der Waals surface area contributed by atoms with E-state index in [1.807, 2.05) is 13.0 Å². The number of nitrogens with one attached hydrogen (secondary N) is 1. The Morgan fingerprint density at radius 3 is 2.85 bits per heavy atom. The molecular formula is C13H17N3O3S. The van der Waals surface area contributed by atoms with Crippen molar-refractivity contribution in [3.8, 4) is 6.07 Å². The van der Waals surface area contributed by atoms with E-state index < -0.39 is 5.97 Å². The lowest BCUT2D eigenvalue weighted by molar-refractivity contribution is -0.138. The number of nitrogens with zero attached hydrogens (tertiary/aromatic N) is 2. The van der Waals surface area contributed by atoms with Gasteiger partial charge in [0.2, 0.25) is 5.91 Å². The highest BCUT2D eigenvalue weighted by molar-refractivity contribution is 7.14. The fourth-order valence-corrected chi connectivity index (χ4v) is 2.47. The van der Waals surface area contributed by atoms with Gasteiger partial charge in [0.1, 0.15) is 11.1 Å². The zero-order chi connectivity index (χ0) is 15.0. The zero-order valence-corrected chi connectivity index (χ0v) is 12.1. The summed E-state index contributed by atoms with van der Waals surface area (Å²) in [6.45, 7) is 2.92. The molecule has 0 saturated heterocycles. The van der Waals surface area contributed by atoms with Gasteiger partial charge in [-0.05, 0) is 24.4 Å². The van der Waals surface area contributed by atoms with Crippen LogP contribution in [-0.2, 0) is 9.59 Å². The van der Waals surface area contributed by atoms with Gasteiger partial charge in [-0.2, -0.15) is 5.26 Å². The van der Waals surface area contributed by atoms with Gasteiger partial charge in [0.05, 0.1) is 12.1 Å². The van der Waals surface area contributed by atoms with Crippen LogP contribution in [0.3, 0.4) is 0 Å². The third-order valence-corrected chi connectivity index (χ3v) is 3.42. The summed E-state index contributed by atoms with van der Waals surface area (Å²) in [4.78, 5) is 24.2. The van der Waals surface area contributed by atoms with Gasteiger partial charge in [0, 0.05) is 13.0 Å². The Morgan fingerprint density at radius 1 is 1.50 bits per heavy atom. The molecule has 1 heterocycles. The van der Waals surface area contributed by atoms with Crippen LogP contribution in [0.2, 0.25) is 0 Å². The molecule has 1 rings (SSSR count). The number of rotatable bonds is 8. The second kappa shape index (κ2) is 8.30. The summed E-state index contributed by atoms with van der Waals surface area (Å²) in [6.07, 6.45) is 1.04. The maximum absolute atomic E-state index is 11.8. The second-order valence-electron chi connectivity index (χ2n) is 4.24. The van der Waals surface area contributed by atoms with Crippen molar-refractivity contribution in [1.82, 2.24) is 4.90 Å². The minimum absolute atomic E-state index is 0.0659. The molecule has 0 aliphatic heterocycles. The minimum atomic E-state index is -0.899. The first-order valence-electron chi connectivity index (χ1n) is 6.28. The fraction of sp³-hybridized carbons (Fsp3) is 0.462. The molecular weight excluding hydrogens is 278 g/mol. The third kappa shape index (κ3) is 5.38. The molecule has 0 aromatic carbocycles.